The number of piperazine rings is 1. The molecule has 3 aromatic rings. The van der Waals surface area contributed by atoms with Gasteiger partial charge in [0.25, 0.3) is 0 Å². The summed E-state index contributed by atoms with van der Waals surface area (Å²) < 4.78 is 5.50. The van der Waals surface area contributed by atoms with Crippen LogP contribution in [-0.4, -0.2) is 62.7 Å². The zero-order valence-corrected chi connectivity index (χ0v) is 17.6. The second kappa shape index (κ2) is 9.67. The Morgan fingerprint density at radius 1 is 1.03 bits per heavy atom. The summed E-state index contributed by atoms with van der Waals surface area (Å²) in [6, 6.07) is 18.4. The van der Waals surface area contributed by atoms with Crippen LogP contribution in [0.5, 0.6) is 5.75 Å². The van der Waals surface area contributed by atoms with Gasteiger partial charge in [0.15, 0.2) is 0 Å². The zero-order chi connectivity index (χ0) is 20.8. The van der Waals surface area contributed by atoms with Crippen molar-refractivity contribution in [3.05, 3.63) is 54.6 Å². The van der Waals surface area contributed by atoms with Crippen LogP contribution in [0, 0.1) is 0 Å². The molecule has 2 heterocycles. The molecule has 0 spiro atoms. The first kappa shape index (κ1) is 20.3. The number of H-pyrrole nitrogens is 1. The monoisotopic (exact) mass is 406 g/mol. The number of methoxy groups -OCH3 is 1. The fourth-order valence-electron chi connectivity index (χ4n) is 4.16. The predicted molar refractivity (Wildman–Crippen MR) is 123 cm³/mol. The molecule has 30 heavy (non-hydrogen) atoms. The molecule has 6 nitrogen and oxygen atoms in total. The van der Waals surface area contributed by atoms with Crippen LogP contribution in [0.4, 0.5) is 11.5 Å². The molecule has 6 heteroatoms. The normalized spacial score (nSPS) is 14.8. The first-order valence-corrected chi connectivity index (χ1v) is 10.7. The van der Waals surface area contributed by atoms with Gasteiger partial charge in [0.05, 0.1) is 12.8 Å². The first-order chi connectivity index (χ1) is 14.8. The molecule has 158 valence electrons. The summed E-state index contributed by atoms with van der Waals surface area (Å²) in [5, 5.41) is 1.13. The van der Waals surface area contributed by atoms with Gasteiger partial charge in [-0.3, -0.25) is 9.69 Å². The molecule has 0 saturated carbocycles. The van der Waals surface area contributed by atoms with Gasteiger partial charge in [-0.2, -0.15) is 0 Å². The number of nitrogens with one attached hydrogen (secondary N) is 1. The smallest absolute Gasteiger partial charge is 0.215 e. The second-order valence-electron chi connectivity index (χ2n) is 7.75. The second-order valence-corrected chi connectivity index (χ2v) is 7.75. The van der Waals surface area contributed by atoms with Gasteiger partial charge >= 0.3 is 0 Å². The fourth-order valence-corrected chi connectivity index (χ4v) is 4.16. The third-order valence-corrected chi connectivity index (χ3v) is 5.87. The van der Waals surface area contributed by atoms with E-state index in [-0.39, 0.29) is 0 Å². The molecule has 4 rings (SSSR count). The van der Waals surface area contributed by atoms with Crippen molar-refractivity contribution in [1.82, 2.24) is 9.88 Å². The van der Waals surface area contributed by atoms with Crippen LogP contribution in [0.25, 0.3) is 10.9 Å². The summed E-state index contributed by atoms with van der Waals surface area (Å²) in [5.74, 6) is 1.81. The van der Waals surface area contributed by atoms with Crippen molar-refractivity contribution in [2.24, 2.45) is 0 Å². The maximum atomic E-state index is 11.6. The SMILES string of the molecule is COc1ccccc1N1CCN(CCCCN(C=O)c2cc3ccccc3[nH]2)CC1. The van der Waals surface area contributed by atoms with Crippen LogP contribution in [-0.2, 0) is 4.79 Å². The van der Waals surface area contributed by atoms with Crippen molar-refractivity contribution in [3.63, 3.8) is 0 Å². The van der Waals surface area contributed by atoms with Crippen LogP contribution < -0.4 is 14.5 Å². The number of rotatable bonds is 9. The highest BCUT2D eigenvalue weighted by molar-refractivity contribution is 5.87. The molecule has 1 aliphatic rings. The summed E-state index contributed by atoms with van der Waals surface area (Å²) in [6.45, 7) is 5.93. The van der Waals surface area contributed by atoms with E-state index in [0.29, 0.717) is 0 Å². The third kappa shape index (κ3) is 4.60. The Morgan fingerprint density at radius 2 is 1.80 bits per heavy atom. The number of unbranched alkanes of at least 4 members (excludes halogenated alkanes) is 1. The van der Waals surface area contributed by atoms with E-state index in [2.05, 4.69) is 33.0 Å². The number of para-hydroxylation sites is 3. The number of aromatic amines is 1. The Labute approximate surface area is 178 Å². The highest BCUT2D eigenvalue weighted by atomic mass is 16.5. The Bertz CT molecular complexity index is 930. The number of aromatic nitrogens is 1. The number of hydrogen-bond acceptors (Lipinski definition) is 4. The number of carbonyl (C=O) groups excluding carboxylic acids is 1. The van der Waals surface area contributed by atoms with Gasteiger partial charge in [-0.25, -0.2) is 0 Å². The van der Waals surface area contributed by atoms with Gasteiger partial charge in [0.2, 0.25) is 6.41 Å². The summed E-state index contributed by atoms with van der Waals surface area (Å²) in [4.78, 5) is 21.6. The quantitative estimate of drug-likeness (QED) is 0.434. The number of nitrogens with zero attached hydrogens (tertiary/aromatic N) is 3. The maximum absolute atomic E-state index is 11.6. The molecule has 0 aliphatic carbocycles. The summed E-state index contributed by atoms with van der Waals surface area (Å²) in [5.41, 5.74) is 2.24. The zero-order valence-electron chi connectivity index (χ0n) is 17.6. The Hall–Kier alpha value is -2.99. The fraction of sp³-hybridized carbons (Fsp3) is 0.375. The van der Waals surface area contributed by atoms with Crippen molar-refractivity contribution in [2.45, 2.75) is 12.8 Å². The lowest BCUT2D eigenvalue weighted by molar-refractivity contribution is -0.107. The summed E-state index contributed by atoms with van der Waals surface area (Å²) >= 11 is 0. The lowest BCUT2D eigenvalue weighted by atomic mass is 10.2. The molecule has 0 unspecified atom stereocenters. The van der Waals surface area contributed by atoms with E-state index in [1.165, 1.54) is 5.69 Å². The van der Waals surface area contributed by atoms with Crippen LogP contribution in [0.3, 0.4) is 0 Å². The van der Waals surface area contributed by atoms with Gasteiger partial charge in [-0.1, -0.05) is 30.3 Å². The topological polar surface area (TPSA) is 51.8 Å². The van der Waals surface area contributed by atoms with Crippen LogP contribution in [0.2, 0.25) is 0 Å². The van der Waals surface area contributed by atoms with Crippen LogP contribution in [0.15, 0.2) is 54.6 Å². The lowest BCUT2D eigenvalue weighted by Crippen LogP contribution is -2.46. The standard InChI is InChI=1S/C24H30N4O2/c1-30-23-11-5-4-10-22(23)27-16-14-26(15-17-27)12-6-7-13-28(19-29)24-18-20-8-2-3-9-21(20)25-24/h2-5,8-11,18-19,25H,6-7,12-17H2,1H3. The molecule has 1 aliphatic heterocycles. The van der Waals surface area contributed by atoms with E-state index < -0.39 is 0 Å². The molecule has 1 saturated heterocycles. The van der Waals surface area contributed by atoms with Crippen molar-refractivity contribution in [3.8, 4) is 5.75 Å². The molecule has 0 bridgehead atoms. The highest BCUT2D eigenvalue weighted by Gasteiger charge is 2.19. The van der Waals surface area contributed by atoms with Gasteiger partial charge in [-0.05, 0) is 43.7 Å². The summed E-state index contributed by atoms with van der Waals surface area (Å²) in [7, 11) is 1.73. The number of hydrogen-bond donors (Lipinski definition) is 1. The van der Waals surface area contributed by atoms with Crippen molar-refractivity contribution in [1.29, 1.82) is 0 Å². The molecule has 0 radical (unpaired) electrons. The lowest BCUT2D eigenvalue weighted by Gasteiger charge is -2.36. The minimum atomic E-state index is 0.734. The Morgan fingerprint density at radius 3 is 2.57 bits per heavy atom. The third-order valence-electron chi connectivity index (χ3n) is 5.87. The molecule has 1 amide bonds. The van der Waals surface area contributed by atoms with Gasteiger partial charge < -0.3 is 19.5 Å². The van der Waals surface area contributed by atoms with E-state index in [4.69, 9.17) is 4.74 Å². The van der Waals surface area contributed by atoms with Crippen molar-refractivity contribution in [2.75, 3.05) is 56.2 Å². The largest absolute Gasteiger partial charge is 0.495 e. The van der Waals surface area contributed by atoms with E-state index in [1.807, 2.05) is 36.4 Å². The molecule has 0 atom stereocenters. The molecule has 1 N–H and O–H groups in total. The average Bonchev–Trinajstić information content (AvgIpc) is 3.23. The van der Waals surface area contributed by atoms with E-state index in [1.54, 1.807) is 12.0 Å². The Kier molecular flexibility index (Phi) is 6.54. The summed E-state index contributed by atoms with van der Waals surface area (Å²) in [6.07, 6.45) is 3.00. The number of ether oxygens (including phenoxy) is 1. The van der Waals surface area contributed by atoms with E-state index in [0.717, 1.165) is 81.0 Å². The molecule has 1 aromatic heterocycles. The van der Waals surface area contributed by atoms with Crippen LogP contribution in [0.1, 0.15) is 12.8 Å². The number of fused-ring (bicyclic) bond motifs is 1. The van der Waals surface area contributed by atoms with Gasteiger partial charge in [-0.15, -0.1) is 0 Å². The van der Waals surface area contributed by atoms with Gasteiger partial charge in [0.1, 0.15) is 11.6 Å². The first-order valence-electron chi connectivity index (χ1n) is 10.7. The molecular weight excluding hydrogens is 376 g/mol. The van der Waals surface area contributed by atoms with E-state index >= 15 is 0 Å². The average molecular weight is 407 g/mol. The number of carbonyl (C=O) groups is 1. The molecular formula is C24H30N4O2. The Balaban J connectivity index is 1.22. The molecule has 2 aromatic carbocycles. The van der Waals surface area contributed by atoms with Gasteiger partial charge in [0, 0.05) is 43.6 Å². The van der Waals surface area contributed by atoms with Crippen molar-refractivity contribution < 1.29 is 9.53 Å². The number of amides is 1. The predicted octanol–water partition coefficient (Wildman–Crippen LogP) is 3.74. The van der Waals surface area contributed by atoms with Crippen LogP contribution >= 0.6 is 0 Å². The molecule has 1 fully saturated rings. The number of anilines is 2. The van der Waals surface area contributed by atoms with E-state index in [9.17, 15) is 4.79 Å². The minimum absolute atomic E-state index is 0.734. The highest BCUT2D eigenvalue weighted by Crippen LogP contribution is 2.28. The van der Waals surface area contributed by atoms with Crippen molar-refractivity contribution >= 4 is 28.8 Å². The minimum Gasteiger partial charge on any atom is -0.495 e. The number of benzene rings is 2. The maximum Gasteiger partial charge on any atom is 0.215 e.